The van der Waals surface area contributed by atoms with E-state index in [0.717, 1.165) is 0 Å². The van der Waals surface area contributed by atoms with Gasteiger partial charge in [0.15, 0.2) is 0 Å². The number of nitrogens with one attached hydrogen (secondary N) is 1. The smallest absolute Gasteiger partial charge is 0.320 e. The fraction of sp³-hybridized carbons (Fsp3) is 0.875. The van der Waals surface area contributed by atoms with Gasteiger partial charge in [0, 0.05) is 6.61 Å². The Morgan fingerprint density at radius 3 is 2.85 bits per heavy atom. The minimum absolute atomic E-state index is 0.173. The Morgan fingerprint density at radius 1 is 1.77 bits per heavy atom. The molecule has 1 fully saturated rings. The first-order chi connectivity index (χ1) is 6.24. The number of rotatable bonds is 6. The van der Waals surface area contributed by atoms with Gasteiger partial charge in [-0.25, -0.2) is 0 Å². The van der Waals surface area contributed by atoms with E-state index < -0.39 is 12.0 Å². The van der Waals surface area contributed by atoms with Gasteiger partial charge in [0.05, 0.1) is 13.2 Å². The number of aliphatic carboxylic acids is 1. The highest BCUT2D eigenvalue weighted by Crippen LogP contribution is 2.06. The van der Waals surface area contributed by atoms with Crippen LogP contribution in [0.25, 0.3) is 0 Å². The number of likely N-dealkylation sites (N-methyl/N-ethyl adjacent to an activating group) is 1. The highest BCUT2D eigenvalue weighted by atomic mass is 16.6. The zero-order valence-corrected chi connectivity index (χ0v) is 7.66. The molecule has 1 rings (SSSR count). The fourth-order valence-corrected chi connectivity index (χ4v) is 1.05. The van der Waals surface area contributed by atoms with Gasteiger partial charge in [0.1, 0.15) is 12.1 Å². The van der Waals surface area contributed by atoms with Crippen LogP contribution in [0.5, 0.6) is 0 Å². The SMILES string of the molecule is CNC(CCOC1COC1)C(=O)O. The normalized spacial score (nSPS) is 19.5. The van der Waals surface area contributed by atoms with Crippen LogP contribution in [-0.2, 0) is 14.3 Å². The second-order valence-corrected chi connectivity index (χ2v) is 3.00. The number of carboxylic acid groups (broad SMARTS) is 1. The molecule has 0 aromatic rings. The molecule has 5 nitrogen and oxygen atoms in total. The van der Waals surface area contributed by atoms with E-state index in [0.29, 0.717) is 26.2 Å². The van der Waals surface area contributed by atoms with Gasteiger partial charge in [-0.15, -0.1) is 0 Å². The van der Waals surface area contributed by atoms with Gasteiger partial charge in [0.25, 0.3) is 0 Å². The van der Waals surface area contributed by atoms with Crippen molar-refractivity contribution in [1.82, 2.24) is 5.32 Å². The lowest BCUT2D eigenvalue weighted by atomic mass is 10.2. The first-order valence-corrected chi connectivity index (χ1v) is 4.33. The third kappa shape index (κ3) is 3.30. The van der Waals surface area contributed by atoms with Crippen molar-refractivity contribution in [2.75, 3.05) is 26.9 Å². The maximum absolute atomic E-state index is 10.5. The predicted molar refractivity (Wildman–Crippen MR) is 45.7 cm³/mol. The Kier molecular flexibility index (Phi) is 4.14. The van der Waals surface area contributed by atoms with Gasteiger partial charge in [-0.1, -0.05) is 0 Å². The highest BCUT2D eigenvalue weighted by molar-refractivity contribution is 5.73. The summed E-state index contributed by atoms with van der Waals surface area (Å²) in [5.41, 5.74) is 0. The third-order valence-electron chi connectivity index (χ3n) is 2.01. The lowest BCUT2D eigenvalue weighted by molar-refractivity contribution is -0.143. The lowest BCUT2D eigenvalue weighted by Gasteiger charge is -2.26. The number of hydrogen-bond acceptors (Lipinski definition) is 4. The van der Waals surface area contributed by atoms with Gasteiger partial charge >= 0.3 is 5.97 Å². The minimum atomic E-state index is -0.837. The van der Waals surface area contributed by atoms with Crippen LogP contribution in [0, 0.1) is 0 Å². The van der Waals surface area contributed by atoms with Crippen LogP contribution in [0.1, 0.15) is 6.42 Å². The van der Waals surface area contributed by atoms with Crippen LogP contribution in [0.2, 0.25) is 0 Å². The zero-order valence-electron chi connectivity index (χ0n) is 7.66. The van der Waals surface area contributed by atoms with E-state index in [4.69, 9.17) is 14.6 Å². The third-order valence-corrected chi connectivity index (χ3v) is 2.01. The summed E-state index contributed by atoms with van der Waals surface area (Å²) in [5, 5.41) is 11.4. The largest absolute Gasteiger partial charge is 0.480 e. The molecule has 1 atom stereocenters. The fourth-order valence-electron chi connectivity index (χ4n) is 1.05. The van der Waals surface area contributed by atoms with Gasteiger partial charge in [-0.2, -0.15) is 0 Å². The number of ether oxygens (including phenoxy) is 2. The molecule has 0 bridgehead atoms. The molecule has 76 valence electrons. The molecule has 0 radical (unpaired) electrons. The van der Waals surface area contributed by atoms with Crippen molar-refractivity contribution in [1.29, 1.82) is 0 Å². The molecule has 2 N–H and O–H groups in total. The van der Waals surface area contributed by atoms with Crippen LogP contribution in [0.4, 0.5) is 0 Å². The summed E-state index contributed by atoms with van der Waals surface area (Å²) in [7, 11) is 1.63. The second-order valence-electron chi connectivity index (χ2n) is 3.00. The van der Waals surface area contributed by atoms with E-state index in [1.165, 1.54) is 0 Å². The molecule has 0 aliphatic carbocycles. The molecule has 13 heavy (non-hydrogen) atoms. The average Bonchev–Trinajstić information content (AvgIpc) is 2.00. The summed E-state index contributed by atoms with van der Waals surface area (Å²) in [4.78, 5) is 10.5. The van der Waals surface area contributed by atoms with Crippen molar-refractivity contribution in [2.45, 2.75) is 18.6 Å². The van der Waals surface area contributed by atoms with E-state index in [1.807, 2.05) is 0 Å². The molecular formula is C8H15NO4. The molecule has 0 spiro atoms. The van der Waals surface area contributed by atoms with Crippen molar-refractivity contribution >= 4 is 5.97 Å². The summed E-state index contributed by atoms with van der Waals surface area (Å²) in [5.74, 6) is -0.837. The molecule has 1 aliphatic heterocycles. The molecule has 1 saturated heterocycles. The quantitative estimate of drug-likeness (QED) is 0.587. The summed E-state index contributed by atoms with van der Waals surface area (Å²) in [6, 6.07) is -0.513. The topological polar surface area (TPSA) is 67.8 Å². The Labute approximate surface area is 77.0 Å². The van der Waals surface area contributed by atoms with Crippen LogP contribution in [0.15, 0.2) is 0 Å². The van der Waals surface area contributed by atoms with Crippen LogP contribution >= 0.6 is 0 Å². The summed E-state index contributed by atoms with van der Waals surface area (Å²) >= 11 is 0. The number of carbonyl (C=O) groups is 1. The van der Waals surface area contributed by atoms with Gasteiger partial charge in [-0.05, 0) is 13.5 Å². The Bertz CT molecular complexity index is 170. The van der Waals surface area contributed by atoms with Crippen molar-refractivity contribution < 1.29 is 19.4 Å². The van der Waals surface area contributed by atoms with Crippen molar-refractivity contribution in [3.63, 3.8) is 0 Å². The highest BCUT2D eigenvalue weighted by Gasteiger charge is 2.20. The molecule has 0 amide bonds. The van der Waals surface area contributed by atoms with Crippen molar-refractivity contribution in [3.05, 3.63) is 0 Å². The van der Waals surface area contributed by atoms with Crippen LogP contribution in [-0.4, -0.2) is 50.1 Å². The maximum Gasteiger partial charge on any atom is 0.320 e. The zero-order chi connectivity index (χ0) is 9.68. The van der Waals surface area contributed by atoms with Gasteiger partial charge in [0.2, 0.25) is 0 Å². The van der Waals surface area contributed by atoms with Crippen molar-refractivity contribution in [2.24, 2.45) is 0 Å². The number of carboxylic acids is 1. The number of hydrogen-bond donors (Lipinski definition) is 2. The standard InChI is InChI=1S/C8H15NO4/c1-9-7(8(10)11)2-3-13-6-4-12-5-6/h6-7,9H,2-5H2,1H3,(H,10,11). The molecule has 1 unspecified atom stereocenters. The van der Waals surface area contributed by atoms with E-state index in [2.05, 4.69) is 5.32 Å². The first kappa shape index (κ1) is 10.4. The molecule has 0 saturated carbocycles. The monoisotopic (exact) mass is 189 g/mol. The van der Waals surface area contributed by atoms with E-state index >= 15 is 0 Å². The first-order valence-electron chi connectivity index (χ1n) is 4.33. The summed E-state index contributed by atoms with van der Waals surface area (Å²) < 4.78 is 10.2. The van der Waals surface area contributed by atoms with E-state index in [9.17, 15) is 4.79 Å². The second kappa shape index (κ2) is 5.16. The summed E-state index contributed by atoms with van der Waals surface area (Å²) in [6.07, 6.45) is 0.661. The summed E-state index contributed by atoms with van der Waals surface area (Å²) in [6.45, 7) is 1.74. The molecule has 0 aromatic heterocycles. The van der Waals surface area contributed by atoms with Crippen LogP contribution in [0.3, 0.4) is 0 Å². The van der Waals surface area contributed by atoms with Crippen LogP contribution < -0.4 is 5.32 Å². The molecule has 1 aliphatic rings. The molecule has 5 heteroatoms. The average molecular weight is 189 g/mol. The Balaban J connectivity index is 2.05. The predicted octanol–water partition coefficient (Wildman–Crippen LogP) is -0.535. The van der Waals surface area contributed by atoms with Gasteiger partial charge in [-0.3, -0.25) is 4.79 Å². The molecule has 1 heterocycles. The van der Waals surface area contributed by atoms with E-state index in [1.54, 1.807) is 7.05 Å². The van der Waals surface area contributed by atoms with Crippen molar-refractivity contribution in [3.8, 4) is 0 Å². The lowest BCUT2D eigenvalue weighted by Crippen LogP contribution is -2.39. The van der Waals surface area contributed by atoms with E-state index in [-0.39, 0.29) is 6.10 Å². The van der Waals surface area contributed by atoms with Gasteiger partial charge < -0.3 is 19.9 Å². The minimum Gasteiger partial charge on any atom is -0.480 e. The Morgan fingerprint density at radius 2 is 2.46 bits per heavy atom. The molecular weight excluding hydrogens is 174 g/mol. The maximum atomic E-state index is 10.5. The Hall–Kier alpha value is -0.650. The molecule has 0 aromatic carbocycles.